The van der Waals surface area contributed by atoms with Crippen LogP contribution in [0.1, 0.15) is 51.1 Å². The highest BCUT2D eigenvalue weighted by atomic mass is 35.5. The minimum atomic E-state index is -4.65. The fourth-order valence-electron chi connectivity index (χ4n) is 3.58. The maximum Gasteiger partial charge on any atom is 0.399 e. The van der Waals surface area contributed by atoms with Crippen LogP contribution >= 0.6 is 23.2 Å². The Kier molecular flexibility index (Phi) is 8.56. The van der Waals surface area contributed by atoms with Crippen LogP contribution in [0, 0.1) is 12.7 Å². The summed E-state index contributed by atoms with van der Waals surface area (Å²) in [6.07, 6.45) is -0.214. The number of nitrogens with one attached hydrogen (secondary N) is 1. The summed E-state index contributed by atoms with van der Waals surface area (Å²) in [5.74, 6) is -3.31. The Hall–Kier alpha value is -2.90. The lowest BCUT2D eigenvalue weighted by molar-refractivity contribution is -0.139. The second kappa shape index (κ2) is 11.2. The van der Waals surface area contributed by atoms with Crippen LogP contribution in [-0.2, 0) is 13.0 Å². The molecule has 0 bridgehead atoms. The van der Waals surface area contributed by atoms with E-state index in [4.69, 9.17) is 23.2 Å². The molecular weight excluding hydrogens is 503 g/mol. The first-order valence-electron chi connectivity index (χ1n) is 10.7. The van der Waals surface area contributed by atoms with Crippen molar-refractivity contribution in [3.63, 3.8) is 0 Å². The molecule has 1 atom stereocenters. The maximum atomic E-state index is 13.8. The highest BCUT2D eigenvalue weighted by molar-refractivity contribution is 6.35. The highest BCUT2D eigenvalue weighted by Gasteiger charge is 2.39. The lowest BCUT2D eigenvalue weighted by atomic mass is 9.95. The number of alkyl halides is 3. The van der Waals surface area contributed by atoms with Crippen LogP contribution in [0.2, 0.25) is 10.0 Å². The average Bonchev–Trinajstić information content (AvgIpc) is 2.80. The first-order chi connectivity index (χ1) is 16.5. The molecule has 9 heteroatoms. The molecule has 3 rings (SSSR count). The van der Waals surface area contributed by atoms with E-state index in [-0.39, 0.29) is 11.5 Å². The van der Waals surface area contributed by atoms with E-state index in [2.05, 4.69) is 10.3 Å². The fourth-order valence-corrected chi connectivity index (χ4v) is 4.08. The van der Waals surface area contributed by atoms with Gasteiger partial charge in [-0.25, -0.2) is 4.39 Å². The van der Waals surface area contributed by atoms with E-state index in [0.29, 0.717) is 29.7 Å². The smallest absolute Gasteiger partial charge is 0.348 e. The Morgan fingerprint density at radius 2 is 1.80 bits per heavy atom. The van der Waals surface area contributed by atoms with Gasteiger partial charge in [-0.15, -0.1) is 0 Å². The highest BCUT2D eigenvalue weighted by Crippen LogP contribution is 2.39. The third-order valence-electron chi connectivity index (χ3n) is 5.51. The third kappa shape index (κ3) is 6.61. The van der Waals surface area contributed by atoms with Crippen molar-refractivity contribution in [2.75, 3.05) is 0 Å². The Morgan fingerprint density at radius 3 is 2.40 bits per heavy atom. The Labute approximate surface area is 210 Å². The van der Waals surface area contributed by atoms with Gasteiger partial charge in [-0.3, -0.25) is 9.78 Å². The molecular formula is C26H22Cl2F4N2O. The summed E-state index contributed by atoms with van der Waals surface area (Å²) in [5.41, 5.74) is 3.03. The minimum Gasteiger partial charge on any atom is -0.348 e. The molecule has 0 fully saturated rings. The van der Waals surface area contributed by atoms with Gasteiger partial charge in [0.1, 0.15) is 0 Å². The van der Waals surface area contributed by atoms with Gasteiger partial charge in [0.15, 0.2) is 5.82 Å². The van der Waals surface area contributed by atoms with Gasteiger partial charge in [-0.05, 0) is 59.9 Å². The van der Waals surface area contributed by atoms with E-state index in [1.165, 1.54) is 6.08 Å². The first-order valence-corrected chi connectivity index (χ1v) is 11.5. The molecule has 3 aromatic rings. The normalized spacial score (nSPS) is 12.7. The van der Waals surface area contributed by atoms with Gasteiger partial charge >= 0.3 is 6.18 Å². The number of carbonyl (C=O) groups is 1. The molecule has 184 valence electrons. The molecule has 0 spiro atoms. The molecule has 0 aliphatic carbocycles. The molecule has 0 aliphatic heterocycles. The number of aryl methyl sites for hydroxylation is 2. The molecule has 1 heterocycles. The van der Waals surface area contributed by atoms with E-state index in [0.717, 1.165) is 29.5 Å². The second-order valence-electron chi connectivity index (χ2n) is 7.88. The van der Waals surface area contributed by atoms with E-state index < -0.39 is 28.0 Å². The Bertz CT molecular complexity index is 1240. The van der Waals surface area contributed by atoms with Crippen LogP contribution in [0.3, 0.4) is 0 Å². The summed E-state index contributed by atoms with van der Waals surface area (Å²) in [6.45, 7) is 4.01. The van der Waals surface area contributed by atoms with E-state index in [1.54, 1.807) is 30.5 Å². The summed E-state index contributed by atoms with van der Waals surface area (Å²) < 4.78 is 54.9. The van der Waals surface area contributed by atoms with Crippen molar-refractivity contribution in [2.45, 2.75) is 38.9 Å². The lowest BCUT2D eigenvalue weighted by Gasteiger charge is -2.18. The number of hydrogen-bond acceptors (Lipinski definition) is 2. The predicted molar refractivity (Wildman–Crippen MR) is 130 cm³/mol. The monoisotopic (exact) mass is 524 g/mol. The molecule has 1 unspecified atom stereocenters. The number of amides is 1. The zero-order valence-corrected chi connectivity index (χ0v) is 20.4. The van der Waals surface area contributed by atoms with Crippen molar-refractivity contribution >= 4 is 35.2 Å². The van der Waals surface area contributed by atoms with Crippen LogP contribution in [0.4, 0.5) is 17.6 Å². The summed E-state index contributed by atoms with van der Waals surface area (Å²) in [5, 5.41) is 1.88. The summed E-state index contributed by atoms with van der Waals surface area (Å²) >= 11 is 11.4. The number of halogens is 6. The number of carbonyl (C=O) groups excluding carboxylic acids is 1. The van der Waals surface area contributed by atoms with Crippen molar-refractivity contribution in [3.05, 3.63) is 104 Å². The average molecular weight is 525 g/mol. The van der Waals surface area contributed by atoms with Crippen molar-refractivity contribution in [2.24, 2.45) is 0 Å². The van der Waals surface area contributed by atoms with E-state index in [1.807, 2.05) is 19.9 Å². The largest absolute Gasteiger partial charge is 0.399 e. The van der Waals surface area contributed by atoms with Crippen LogP contribution in [0.5, 0.6) is 0 Å². The van der Waals surface area contributed by atoms with Crippen LogP contribution in [-0.4, -0.2) is 17.1 Å². The fraction of sp³-hybridized carbons (Fsp3) is 0.231. The molecule has 0 saturated carbocycles. The standard InChI is InChI=1S/C26H22Cl2F4N2O/c1-3-17-11-16(6-8-20(17)25(35)34-14-18-5-4-10-33-15(18)2)7-9-21(26(30,31)32)19-12-22(27)24(29)23(28)13-19/h4-13,21H,3,14H2,1-2H3,(H,34,35)/b9-7+. The summed E-state index contributed by atoms with van der Waals surface area (Å²) in [4.78, 5) is 16.9. The molecule has 2 aromatic carbocycles. The lowest BCUT2D eigenvalue weighted by Crippen LogP contribution is -2.24. The molecule has 3 nitrogen and oxygen atoms in total. The zero-order chi connectivity index (χ0) is 25.8. The SMILES string of the molecule is CCc1cc(/C=C/C(c2cc(Cl)c(F)c(Cl)c2)C(F)(F)F)ccc1C(=O)NCc1cccnc1C. The number of hydrogen-bond donors (Lipinski definition) is 1. The van der Waals surface area contributed by atoms with Gasteiger partial charge in [0, 0.05) is 24.0 Å². The topological polar surface area (TPSA) is 42.0 Å². The van der Waals surface area contributed by atoms with E-state index >= 15 is 0 Å². The number of pyridine rings is 1. The summed E-state index contributed by atoms with van der Waals surface area (Å²) in [6, 6.07) is 10.3. The Balaban J connectivity index is 1.83. The molecule has 0 saturated heterocycles. The first kappa shape index (κ1) is 26.7. The third-order valence-corrected chi connectivity index (χ3v) is 6.06. The van der Waals surface area contributed by atoms with Crippen molar-refractivity contribution in [1.29, 1.82) is 0 Å². The van der Waals surface area contributed by atoms with Gasteiger partial charge in [0.05, 0.1) is 16.0 Å². The van der Waals surface area contributed by atoms with Crippen molar-refractivity contribution in [3.8, 4) is 0 Å². The van der Waals surface area contributed by atoms with E-state index in [9.17, 15) is 22.4 Å². The minimum absolute atomic E-state index is 0.275. The van der Waals surface area contributed by atoms with Crippen LogP contribution in [0.25, 0.3) is 6.08 Å². The maximum absolute atomic E-state index is 13.8. The molecule has 1 aromatic heterocycles. The number of rotatable bonds is 7. The number of benzene rings is 2. The van der Waals surface area contributed by atoms with Crippen molar-refractivity contribution < 1.29 is 22.4 Å². The zero-order valence-electron chi connectivity index (χ0n) is 18.9. The molecule has 0 radical (unpaired) electrons. The second-order valence-corrected chi connectivity index (χ2v) is 8.69. The molecule has 1 amide bonds. The Morgan fingerprint density at radius 1 is 1.11 bits per heavy atom. The van der Waals surface area contributed by atoms with Gasteiger partial charge < -0.3 is 5.32 Å². The van der Waals surface area contributed by atoms with Gasteiger partial charge in [0.2, 0.25) is 0 Å². The number of aromatic nitrogens is 1. The number of nitrogens with zero attached hydrogens (tertiary/aromatic N) is 1. The molecule has 0 aliphatic rings. The predicted octanol–water partition coefficient (Wildman–Crippen LogP) is 7.69. The molecule has 1 N–H and O–H groups in total. The quantitative estimate of drug-likeness (QED) is 0.254. The van der Waals surface area contributed by atoms with Crippen LogP contribution in [0.15, 0.2) is 54.7 Å². The van der Waals surface area contributed by atoms with Crippen LogP contribution < -0.4 is 5.32 Å². The van der Waals surface area contributed by atoms with Crippen molar-refractivity contribution in [1.82, 2.24) is 10.3 Å². The molecule has 35 heavy (non-hydrogen) atoms. The van der Waals surface area contributed by atoms with Gasteiger partial charge in [0.25, 0.3) is 5.91 Å². The summed E-state index contributed by atoms with van der Waals surface area (Å²) in [7, 11) is 0. The number of allylic oxidation sites excluding steroid dienone is 1. The van der Waals surface area contributed by atoms with Gasteiger partial charge in [-0.2, -0.15) is 13.2 Å². The van der Waals surface area contributed by atoms with Gasteiger partial charge in [-0.1, -0.05) is 60.5 Å².